The number of rotatable bonds is 4. The number of ether oxygens (including phenoxy) is 1. The Balaban J connectivity index is 1.77. The highest BCUT2D eigenvalue weighted by Gasteiger charge is 2.36. The molecule has 0 bridgehead atoms. The van der Waals surface area contributed by atoms with Crippen molar-refractivity contribution in [3.63, 3.8) is 0 Å². The fourth-order valence-corrected chi connectivity index (χ4v) is 5.54. The zero-order chi connectivity index (χ0) is 19.8. The van der Waals surface area contributed by atoms with Gasteiger partial charge in [-0.15, -0.1) is 0 Å². The van der Waals surface area contributed by atoms with Gasteiger partial charge in [-0.3, -0.25) is 4.79 Å². The van der Waals surface area contributed by atoms with Crippen molar-refractivity contribution < 1.29 is 17.9 Å². The van der Waals surface area contributed by atoms with E-state index in [1.807, 2.05) is 20.8 Å². The van der Waals surface area contributed by atoms with Gasteiger partial charge in [-0.1, -0.05) is 6.58 Å². The summed E-state index contributed by atoms with van der Waals surface area (Å²) in [5.41, 5.74) is 0.718. The van der Waals surface area contributed by atoms with E-state index in [2.05, 4.69) is 11.9 Å². The van der Waals surface area contributed by atoms with Gasteiger partial charge in [0.05, 0.1) is 4.90 Å². The van der Waals surface area contributed by atoms with Gasteiger partial charge in [-0.2, -0.15) is 4.31 Å². The molecule has 2 aliphatic heterocycles. The molecule has 3 rings (SSSR count). The number of carbonyl (C=O) groups excluding carboxylic acids is 1. The van der Waals surface area contributed by atoms with Crippen molar-refractivity contribution >= 4 is 15.9 Å². The third kappa shape index (κ3) is 4.19. The molecule has 1 aromatic rings. The van der Waals surface area contributed by atoms with Crippen LogP contribution in [0.25, 0.3) is 0 Å². The summed E-state index contributed by atoms with van der Waals surface area (Å²) in [5, 5.41) is 2.86. The summed E-state index contributed by atoms with van der Waals surface area (Å²) in [6.45, 7) is 9.80. The van der Waals surface area contributed by atoms with Crippen molar-refractivity contribution in [2.45, 2.75) is 69.0 Å². The minimum atomic E-state index is -3.59. The van der Waals surface area contributed by atoms with Crippen LogP contribution in [-0.4, -0.2) is 42.9 Å². The average molecular weight is 393 g/mol. The fraction of sp³-hybridized carbons (Fsp3) is 0.550. The number of fused-ring (bicyclic) bond motifs is 1. The van der Waals surface area contributed by atoms with E-state index in [-0.39, 0.29) is 23.6 Å². The highest BCUT2D eigenvalue weighted by Crippen LogP contribution is 2.35. The minimum Gasteiger partial charge on any atom is -0.488 e. The molecule has 27 heavy (non-hydrogen) atoms. The van der Waals surface area contributed by atoms with Gasteiger partial charge in [-0.25, -0.2) is 8.42 Å². The molecular weight excluding hydrogens is 364 g/mol. The van der Waals surface area contributed by atoms with Crippen molar-refractivity contribution in [2.75, 3.05) is 6.54 Å². The van der Waals surface area contributed by atoms with E-state index in [4.69, 9.17) is 4.74 Å². The van der Waals surface area contributed by atoms with Crippen molar-refractivity contribution in [2.24, 2.45) is 0 Å². The molecule has 1 aromatic carbocycles. The van der Waals surface area contributed by atoms with Gasteiger partial charge in [0.2, 0.25) is 15.9 Å². The van der Waals surface area contributed by atoms with Crippen molar-refractivity contribution in [1.82, 2.24) is 9.62 Å². The topological polar surface area (TPSA) is 75.7 Å². The Labute approximate surface area is 161 Å². The molecule has 2 aliphatic rings. The van der Waals surface area contributed by atoms with Crippen LogP contribution in [0.3, 0.4) is 0 Å². The number of nitrogens with zero attached hydrogens (tertiary/aromatic N) is 1. The summed E-state index contributed by atoms with van der Waals surface area (Å²) >= 11 is 0. The Morgan fingerprint density at radius 2 is 2.15 bits per heavy atom. The summed E-state index contributed by atoms with van der Waals surface area (Å²) in [6.07, 6.45) is 4.07. The van der Waals surface area contributed by atoms with Crippen LogP contribution >= 0.6 is 0 Å². The number of sulfonamides is 1. The Bertz CT molecular complexity index is 848. The third-order valence-electron chi connectivity index (χ3n) is 5.37. The minimum absolute atomic E-state index is 0.0314. The number of hydrogen-bond acceptors (Lipinski definition) is 4. The van der Waals surface area contributed by atoms with Crippen LogP contribution in [0, 0.1) is 0 Å². The molecule has 1 N–H and O–H groups in total. The molecule has 1 fully saturated rings. The van der Waals surface area contributed by atoms with Crippen LogP contribution < -0.4 is 10.1 Å². The molecule has 0 aromatic heterocycles. The van der Waals surface area contributed by atoms with Crippen LogP contribution in [-0.2, 0) is 21.2 Å². The maximum Gasteiger partial charge on any atom is 0.243 e. The molecule has 2 atom stereocenters. The Morgan fingerprint density at radius 1 is 1.41 bits per heavy atom. The fourth-order valence-electron chi connectivity index (χ4n) is 3.83. The largest absolute Gasteiger partial charge is 0.488 e. The molecule has 0 radical (unpaired) electrons. The zero-order valence-electron chi connectivity index (χ0n) is 16.2. The first-order valence-corrected chi connectivity index (χ1v) is 10.8. The summed E-state index contributed by atoms with van der Waals surface area (Å²) < 4.78 is 33.9. The summed E-state index contributed by atoms with van der Waals surface area (Å²) in [7, 11) is -3.59. The first kappa shape index (κ1) is 19.9. The molecule has 148 valence electrons. The van der Waals surface area contributed by atoms with Gasteiger partial charge in [0, 0.05) is 18.6 Å². The molecule has 0 saturated carbocycles. The maximum absolute atomic E-state index is 13.2. The van der Waals surface area contributed by atoms with Gasteiger partial charge in [0.25, 0.3) is 0 Å². The smallest absolute Gasteiger partial charge is 0.243 e. The van der Waals surface area contributed by atoms with Crippen LogP contribution in [0.2, 0.25) is 0 Å². The van der Waals surface area contributed by atoms with Gasteiger partial charge in [0.1, 0.15) is 11.4 Å². The van der Waals surface area contributed by atoms with Gasteiger partial charge in [0.15, 0.2) is 0 Å². The Hall–Kier alpha value is -1.86. The number of nitrogens with one attached hydrogen (secondary N) is 1. The van der Waals surface area contributed by atoms with Crippen LogP contribution in [0.1, 0.15) is 45.6 Å². The van der Waals surface area contributed by atoms with Crippen molar-refractivity contribution in [1.29, 1.82) is 0 Å². The van der Waals surface area contributed by atoms with E-state index < -0.39 is 10.0 Å². The third-order valence-corrected chi connectivity index (χ3v) is 7.38. The van der Waals surface area contributed by atoms with Gasteiger partial charge in [-0.05, 0) is 76.3 Å². The highest BCUT2D eigenvalue weighted by molar-refractivity contribution is 7.89. The second-order valence-corrected chi connectivity index (χ2v) is 9.92. The van der Waals surface area contributed by atoms with Crippen molar-refractivity contribution in [3.05, 3.63) is 36.4 Å². The predicted molar refractivity (Wildman–Crippen MR) is 104 cm³/mol. The van der Waals surface area contributed by atoms with E-state index in [0.29, 0.717) is 24.3 Å². The molecule has 2 unspecified atom stereocenters. The number of benzene rings is 1. The quantitative estimate of drug-likeness (QED) is 0.800. The molecule has 6 nitrogen and oxygen atoms in total. The lowest BCUT2D eigenvalue weighted by Gasteiger charge is -2.37. The molecule has 7 heteroatoms. The summed E-state index contributed by atoms with van der Waals surface area (Å²) in [5.74, 6) is 0.546. The second kappa shape index (κ2) is 7.28. The van der Waals surface area contributed by atoms with E-state index in [1.165, 1.54) is 6.08 Å². The summed E-state index contributed by atoms with van der Waals surface area (Å²) in [4.78, 5) is 11.8. The van der Waals surface area contributed by atoms with E-state index in [1.54, 1.807) is 22.5 Å². The van der Waals surface area contributed by atoms with E-state index in [0.717, 1.165) is 24.2 Å². The number of carbonyl (C=O) groups is 1. The zero-order valence-corrected chi connectivity index (χ0v) is 17.0. The molecule has 1 amide bonds. The molecule has 1 saturated heterocycles. The standard InChI is InChI=1S/C20H28N2O4S/c1-5-19(23)21-16-9-11-22(14(2)12-16)27(24,25)17-6-7-18-15(13-17)8-10-20(3,4)26-18/h5-7,13-14,16H,1,8-12H2,2-4H3,(H,21,23). The van der Waals surface area contributed by atoms with E-state index >= 15 is 0 Å². The monoisotopic (exact) mass is 392 g/mol. The Morgan fingerprint density at radius 3 is 2.81 bits per heavy atom. The SMILES string of the molecule is C=CC(=O)NC1CCN(S(=O)(=O)c2ccc3c(c2)CCC(C)(C)O3)C(C)C1. The van der Waals surface area contributed by atoms with Crippen molar-refractivity contribution in [3.8, 4) is 5.75 Å². The summed E-state index contributed by atoms with van der Waals surface area (Å²) in [6, 6.07) is 4.93. The number of piperidine rings is 1. The normalized spacial score (nSPS) is 25.1. The van der Waals surface area contributed by atoms with Crippen LogP contribution in [0.5, 0.6) is 5.75 Å². The molecule has 0 spiro atoms. The lowest BCUT2D eigenvalue weighted by Crippen LogP contribution is -2.50. The Kier molecular flexibility index (Phi) is 5.36. The number of amides is 1. The first-order valence-electron chi connectivity index (χ1n) is 9.39. The molecule has 0 aliphatic carbocycles. The molecular formula is C20H28N2O4S. The lowest BCUT2D eigenvalue weighted by molar-refractivity contribution is -0.117. The van der Waals surface area contributed by atoms with E-state index in [9.17, 15) is 13.2 Å². The number of aryl methyl sites for hydroxylation is 1. The van der Waals surface area contributed by atoms with Crippen LogP contribution in [0.15, 0.2) is 35.7 Å². The second-order valence-electron chi connectivity index (χ2n) is 8.03. The maximum atomic E-state index is 13.2. The number of hydrogen-bond donors (Lipinski definition) is 1. The lowest BCUT2D eigenvalue weighted by atomic mass is 9.94. The highest BCUT2D eigenvalue weighted by atomic mass is 32.2. The first-order chi connectivity index (χ1) is 12.6. The average Bonchev–Trinajstić information content (AvgIpc) is 2.60. The molecule has 2 heterocycles. The van der Waals surface area contributed by atoms with Gasteiger partial charge >= 0.3 is 0 Å². The predicted octanol–water partition coefficient (Wildman–Crippen LogP) is 2.63. The van der Waals surface area contributed by atoms with Crippen LogP contribution in [0.4, 0.5) is 0 Å². The van der Waals surface area contributed by atoms with Gasteiger partial charge < -0.3 is 10.1 Å².